The zero-order valence-corrected chi connectivity index (χ0v) is 22.5. The van der Waals surface area contributed by atoms with Gasteiger partial charge in [0.05, 0.1) is 11.9 Å². The molecule has 0 N–H and O–H groups in total. The van der Waals surface area contributed by atoms with Crippen LogP contribution in [0.4, 0.5) is 13.2 Å². The van der Waals surface area contributed by atoms with Crippen molar-refractivity contribution >= 4 is 45.5 Å². The van der Waals surface area contributed by atoms with E-state index in [0.717, 1.165) is 22.4 Å². The zero-order valence-electron chi connectivity index (χ0n) is 21.0. The minimum atomic E-state index is -4.71. The molecular weight excluding hydrogens is 562 g/mol. The van der Waals surface area contributed by atoms with Crippen LogP contribution in [0.25, 0.3) is 27.7 Å². The summed E-state index contributed by atoms with van der Waals surface area (Å²) in [5.74, 6) is -0.416. The number of halogens is 5. The number of rotatable bonds is 4. The Morgan fingerprint density at radius 1 is 0.900 bits per heavy atom. The van der Waals surface area contributed by atoms with E-state index in [4.69, 9.17) is 23.2 Å². The smallest absolute Gasteiger partial charge is 0.336 e. The summed E-state index contributed by atoms with van der Waals surface area (Å²) in [6, 6.07) is 19.1. The highest BCUT2D eigenvalue weighted by molar-refractivity contribution is 6.36. The zero-order chi connectivity index (χ0) is 28.0. The largest absolute Gasteiger partial charge is 0.433 e. The molecular formula is C29H22Cl2F3N5O. The topological polar surface area (TPSA) is 53.7 Å². The van der Waals surface area contributed by atoms with Crippen molar-refractivity contribution in [3.8, 4) is 11.3 Å². The molecule has 6 rings (SSSR count). The van der Waals surface area contributed by atoms with E-state index in [9.17, 15) is 18.0 Å². The minimum absolute atomic E-state index is 0.0233. The van der Waals surface area contributed by atoms with Crippen LogP contribution in [-0.4, -0.2) is 56.5 Å². The number of benzene rings is 3. The van der Waals surface area contributed by atoms with E-state index in [-0.39, 0.29) is 16.9 Å². The van der Waals surface area contributed by atoms with Crippen molar-refractivity contribution in [1.29, 1.82) is 0 Å². The maximum atomic E-state index is 14.2. The highest BCUT2D eigenvalue weighted by Gasteiger charge is 2.36. The van der Waals surface area contributed by atoms with Gasteiger partial charge in [-0.3, -0.25) is 9.69 Å². The molecule has 0 radical (unpaired) electrons. The number of carbonyl (C=O) groups is 1. The second-order valence-corrected chi connectivity index (χ2v) is 10.4. The van der Waals surface area contributed by atoms with Crippen molar-refractivity contribution in [2.45, 2.75) is 12.7 Å². The van der Waals surface area contributed by atoms with Crippen LogP contribution in [-0.2, 0) is 12.7 Å². The molecule has 0 saturated carbocycles. The molecule has 3 aromatic carbocycles. The number of aromatic nitrogens is 3. The van der Waals surface area contributed by atoms with Crippen molar-refractivity contribution in [2.75, 3.05) is 26.2 Å². The number of carbonyl (C=O) groups excluding carboxylic acids is 1. The van der Waals surface area contributed by atoms with Gasteiger partial charge in [-0.1, -0.05) is 71.7 Å². The molecule has 0 unspecified atom stereocenters. The SMILES string of the molecule is O=C(c1cnn2c(C(F)(F)F)cc(-c3cccc4ccccc34)nc12)N1CCN(Cc2c(Cl)cccc2Cl)CC1. The van der Waals surface area contributed by atoms with Gasteiger partial charge in [0.25, 0.3) is 5.91 Å². The summed E-state index contributed by atoms with van der Waals surface area (Å²) in [4.78, 5) is 21.9. The van der Waals surface area contributed by atoms with Crippen LogP contribution in [0.5, 0.6) is 0 Å². The van der Waals surface area contributed by atoms with Crippen LogP contribution in [0.1, 0.15) is 21.6 Å². The molecule has 1 amide bonds. The van der Waals surface area contributed by atoms with Gasteiger partial charge in [-0.2, -0.15) is 18.3 Å². The van der Waals surface area contributed by atoms with Gasteiger partial charge in [-0.05, 0) is 29.0 Å². The summed E-state index contributed by atoms with van der Waals surface area (Å²) < 4.78 is 43.2. The molecule has 1 fully saturated rings. The minimum Gasteiger partial charge on any atom is -0.336 e. The summed E-state index contributed by atoms with van der Waals surface area (Å²) in [7, 11) is 0. The number of amides is 1. The summed E-state index contributed by atoms with van der Waals surface area (Å²) in [5.41, 5.74) is 0.368. The van der Waals surface area contributed by atoms with Crippen LogP contribution >= 0.6 is 23.2 Å². The molecule has 1 saturated heterocycles. The molecule has 0 bridgehead atoms. The Hall–Kier alpha value is -3.66. The van der Waals surface area contributed by atoms with E-state index in [1.807, 2.05) is 30.3 Å². The molecule has 2 aromatic heterocycles. The predicted octanol–water partition coefficient (Wildman–Crippen LogP) is 6.83. The predicted molar refractivity (Wildman–Crippen MR) is 149 cm³/mol. The highest BCUT2D eigenvalue weighted by Crippen LogP contribution is 2.35. The summed E-state index contributed by atoms with van der Waals surface area (Å²) in [5, 5.41) is 6.72. The van der Waals surface area contributed by atoms with Crippen LogP contribution < -0.4 is 0 Å². The first-order valence-electron chi connectivity index (χ1n) is 12.6. The Kier molecular flexibility index (Phi) is 6.90. The van der Waals surface area contributed by atoms with Gasteiger partial charge >= 0.3 is 6.18 Å². The first-order chi connectivity index (χ1) is 19.2. The number of nitrogens with zero attached hydrogens (tertiary/aromatic N) is 5. The monoisotopic (exact) mass is 583 g/mol. The van der Waals surface area contributed by atoms with Crippen molar-refractivity contribution in [1.82, 2.24) is 24.4 Å². The maximum absolute atomic E-state index is 14.2. The van der Waals surface area contributed by atoms with Crippen molar-refractivity contribution in [3.05, 3.63) is 99.8 Å². The molecule has 5 aromatic rings. The number of alkyl halides is 3. The van der Waals surface area contributed by atoms with Gasteiger partial charge in [-0.25, -0.2) is 9.50 Å². The van der Waals surface area contributed by atoms with E-state index >= 15 is 0 Å². The second-order valence-electron chi connectivity index (χ2n) is 9.61. The molecule has 0 aliphatic carbocycles. The Bertz CT molecular complexity index is 1720. The van der Waals surface area contributed by atoms with E-state index in [1.165, 1.54) is 6.20 Å². The number of hydrogen-bond acceptors (Lipinski definition) is 4. The maximum Gasteiger partial charge on any atom is 0.433 e. The fourth-order valence-electron chi connectivity index (χ4n) is 5.09. The molecule has 40 heavy (non-hydrogen) atoms. The summed E-state index contributed by atoms with van der Waals surface area (Å²) in [6.07, 6.45) is -3.54. The summed E-state index contributed by atoms with van der Waals surface area (Å²) >= 11 is 12.6. The quantitative estimate of drug-likeness (QED) is 0.232. The third kappa shape index (κ3) is 4.89. The van der Waals surface area contributed by atoms with E-state index in [2.05, 4.69) is 15.0 Å². The first kappa shape index (κ1) is 26.6. The first-order valence-corrected chi connectivity index (χ1v) is 13.3. The van der Waals surface area contributed by atoms with Crippen LogP contribution in [0, 0.1) is 0 Å². The molecule has 0 spiro atoms. The third-order valence-corrected chi connectivity index (χ3v) is 7.87. The van der Waals surface area contributed by atoms with Gasteiger partial charge < -0.3 is 4.90 Å². The average Bonchev–Trinajstić information content (AvgIpc) is 3.37. The molecule has 6 nitrogen and oxygen atoms in total. The van der Waals surface area contributed by atoms with Gasteiger partial charge in [0.1, 0.15) is 5.56 Å². The highest BCUT2D eigenvalue weighted by atomic mass is 35.5. The molecule has 0 atom stereocenters. The van der Waals surface area contributed by atoms with Crippen LogP contribution in [0.15, 0.2) is 72.9 Å². The van der Waals surface area contributed by atoms with Gasteiger partial charge in [0, 0.05) is 53.9 Å². The lowest BCUT2D eigenvalue weighted by molar-refractivity contribution is -0.142. The fourth-order valence-corrected chi connectivity index (χ4v) is 5.61. The average molecular weight is 584 g/mol. The Morgan fingerprint density at radius 2 is 1.57 bits per heavy atom. The van der Waals surface area contributed by atoms with E-state index in [1.54, 1.807) is 35.2 Å². The van der Waals surface area contributed by atoms with Gasteiger partial charge in [-0.15, -0.1) is 0 Å². The lowest BCUT2D eigenvalue weighted by Crippen LogP contribution is -2.48. The van der Waals surface area contributed by atoms with Crippen molar-refractivity contribution < 1.29 is 18.0 Å². The number of hydrogen-bond donors (Lipinski definition) is 0. The second kappa shape index (κ2) is 10.4. The molecule has 3 heterocycles. The van der Waals surface area contributed by atoms with Crippen molar-refractivity contribution in [2.24, 2.45) is 0 Å². The Balaban J connectivity index is 1.32. The van der Waals surface area contributed by atoms with E-state index in [0.29, 0.717) is 52.8 Å². The molecule has 11 heteroatoms. The van der Waals surface area contributed by atoms with Crippen LogP contribution in [0.2, 0.25) is 10.0 Å². The van der Waals surface area contributed by atoms with Crippen LogP contribution in [0.3, 0.4) is 0 Å². The van der Waals surface area contributed by atoms with Gasteiger partial charge in [0.2, 0.25) is 0 Å². The standard InChI is InChI=1S/C29H22Cl2F3N5O/c30-23-9-4-10-24(31)22(23)17-37-11-13-38(14-12-37)28(40)21-16-35-39-26(29(32,33)34)15-25(36-27(21)39)20-8-3-6-18-5-1-2-7-19(18)20/h1-10,15-16H,11-14,17H2. The Labute approximate surface area is 237 Å². The molecule has 1 aliphatic rings. The van der Waals surface area contributed by atoms with Gasteiger partial charge in [0.15, 0.2) is 11.3 Å². The molecule has 204 valence electrons. The number of fused-ring (bicyclic) bond motifs is 2. The van der Waals surface area contributed by atoms with Crippen molar-refractivity contribution in [3.63, 3.8) is 0 Å². The Morgan fingerprint density at radius 3 is 2.30 bits per heavy atom. The third-order valence-electron chi connectivity index (χ3n) is 7.16. The lowest BCUT2D eigenvalue weighted by atomic mass is 10.0. The number of piperazine rings is 1. The van der Waals surface area contributed by atoms with E-state index < -0.39 is 17.8 Å². The summed E-state index contributed by atoms with van der Waals surface area (Å²) in [6.45, 7) is 2.40. The molecule has 1 aliphatic heterocycles. The lowest BCUT2D eigenvalue weighted by Gasteiger charge is -2.34. The normalized spacial score (nSPS) is 14.8. The fraction of sp³-hybridized carbons (Fsp3) is 0.207.